The van der Waals surface area contributed by atoms with E-state index in [2.05, 4.69) is 44.4 Å². The highest BCUT2D eigenvalue weighted by Gasteiger charge is 2.26. The molecule has 0 atom stereocenters. The van der Waals surface area contributed by atoms with E-state index < -0.39 is 131 Å². The zero-order chi connectivity index (χ0) is 49.6. The van der Waals surface area contributed by atoms with Gasteiger partial charge >= 0.3 is 32.8 Å². The van der Waals surface area contributed by atoms with Crippen molar-refractivity contribution in [1.29, 1.82) is 0 Å². The van der Waals surface area contributed by atoms with Gasteiger partial charge in [0.25, 0.3) is 10.1 Å². The lowest BCUT2D eigenvalue weighted by atomic mass is 10.1. The molecule has 9 N–H and O–H groups in total. The van der Waals surface area contributed by atoms with Crippen LogP contribution in [-0.4, -0.2) is 115 Å². The number of carboxylic acids is 1. The maximum absolute atomic E-state index is 12.9. The molecule has 0 radical (unpaired) electrons. The number of hydrogen-bond acceptors (Lipinski definition) is 23. The van der Waals surface area contributed by atoms with Gasteiger partial charge in [-0.3, -0.25) is 13.7 Å². The van der Waals surface area contributed by atoms with Crippen LogP contribution in [0.2, 0.25) is 0 Å². The van der Waals surface area contributed by atoms with Crippen LogP contribution in [0.4, 0.5) is 44.6 Å². The standard InChI is InChI=1S/C32H32N8O21S5/c1-16-11-23(25(59-2)15-26(16)63(48,49)10-8-61-66(56,57)58)38-36-20-5-3-17(12-22(20)34-32(33)45)35-40-29-24(41)14-19(31(43)44)28(30(29)42)39-37-21-6-4-18(13-27(21)64(50,51)52)62(46,47)9-7-60-65(53,54)55/h3-6,11-15,41-42H,7-10H2,1-2H3,(H,43,44)(H3,33,34,45)(H,50,51,52)(H,53,54,55)(H,56,57,58). The summed E-state index contributed by atoms with van der Waals surface area (Å²) in [7, 11) is -22.9. The monoisotopic (exact) mass is 1020 g/mol. The first-order valence-electron chi connectivity index (χ1n) is 17.2. The molecule has 29 nitrogen and oxygen atoms in total. The second kappa shape index (κ2) is 20.3. The van der Waals surface area contributed by atoms with Crippen molar-refractivity contribution in [3.8, 4) is 17.2 Å². The molecule has 0 aliphatic heterocycles. The lowest BCUT2D eigenvalue weighted by Crippen LogP contribution is -2.19. The van der Waals surface area contributed by atoms with Crippen LogP contribution in [0.1, 0.15) is 15.9 Å². The van der Waals surface area contributed by atoms with Gasteiger partial charge in [0.2, 0.25) is 0 Å². The van der Waals surface area contributed by atoms with Crippen molar-refractivity contribution in [2.45, 2.75) is 21.6 Å². The Morgan fingerprint density at radius 1 is 0.667 bits per heavy atom. The number of methoxy groups -OCH3 is 1. The van der Waals surface area contributed by atoms with E-state index in [0.717, 1.165) is 18.2 Å². The van der Waals surface area contributed by atoms with Gasteiger partial charge in [0, 0.05) is 6.07 Å². The van der Waals surface area contributed by atoms with Crippen LogP contribution in [0.25, 0.3) is 0 Å². The fourth-order valence-corrected chi connectivity index (χ4v) is 9.15. The Kier molecular flexibility index (Phi) is 16.0. The summed E-state index contributed by atoms with van der Waals surface area (Å²) in [5.74, 6) is -6.13. The van der Waals surface area contributed by atoms with Crippen LogP contribution in [0, 0.1) is 6.92 Å². The molecule has 0 spiro atoms. The number of primary amides is 1. The number of carbonyl (C=O) groups excluding carboxylic acids is 1. The number of nitrogens with zero attached hydrogens (tertiary/aromatic N) is 6. The molecule has 4 aromatic carbocycles. The van der Waals surface area contributed by atoms with E-state index in [9.17, 15) is 71.6 Å². The molecule has 4 aromatic rings. The number of anilines is 1. The smallest absolute Gasteiger partial charge is 0.397 e. The molecule has 0 aliphatic carbocycles. The number of aryl methyl sites for hydroxylation is 1. The Hall–Kier alpha value is -6.63. The highest BCUT2D eigenvalue weighted by atomic mass is 32.3. The van der Waals surface area contributed by atoms with Crippen molar-refractivity contribution in [3.63, 3.8) is 0 Å². The molecule has 34 heteroatoms. The van der Waals surface area contributed by atoms with Crippen LogP contribution in [-0.2, 0) is 59.0 Å². The average molecular weight is 1020 g/mol. The van der Waals surface area contributed by atoms with Crippen molar-refractivity contribution >= 4 is 102 Å². The van der Waals surface area contributed by atoms with Gasteiger partial charge < -0.3 is 31.1 Å². The van der Waals surface area contributed by atoms with Gasteiger partial charge in [0.15, 0.2) is 31.1 Å². The van der Waals surface area contributed by atoms with E-state index in [-0.39, 0.29) is 39.0 Å². The summed E-state index contributed by atoms with van der Waals surface area (Å²) in [6, 6.07) is 7.08. The molecule has 0 saturated heterocycles. The summed E-state index contributed by atoms with van der Waals surface area (Å²) in [4.78, 5) is 21.6. The number of aromatic carboxylic acids is 1. The number of benzene rings is 4. The van der Waals surface area contributed by atoms with Crippen molar-refractivity contribution in [1.82, 2.24) is 0 Å². The maximum Gasteiger partial charge on any atom is 0.397 e. The fraction of sp³-hybridized carbons (Fsp3) is 0.188. The zero-order valence-electron chi connectivity index (χ0n) is 33.1. The van der Waals surface area contributed by atoms with Crippen LogP contribution < -0.4 is 15.8 Å². The number of carboxylic acid groups (broad SMARTS) is 1. The van der Waals surface area contributed by atoms with E-state index in [1.54, 1.807) is 0 Å². The summed E-state index contributed by atoms with van der Waals surface area (Å²) in [5, 5.41) is 56.4. The third kappa shape index (κ3) is 13.9. The topological polar surface area (TPSA) is 466 Å². The molecule has 0 unspecified atom stereocenters. The number of phenols is 2. The molecule has 2 amide bonds. The van der Waals surface area contributed by atoms with Gasteiger partial charge in [-0.25, -0.2) is 34.8 Å². The first-order valence-corrected chi connectivity index (χ1v) is 24.7. The quantitative estimate of drug-likeness (QED) is 0.0452. The molecule has 0 heterocycles. The molecule has 0 bridgehead atoms. The van der Waals surface area contributed by atoms with Crippen molar-refractivity contribution in [2.75, 3.05) is 37.1 Å². The highest BCUT2D eigenvalue weighted by molar-refractivity contribution is 7.92. The fourth-order valence-electron chi connectivity index (χ4n) is 5.16. The van der Waals surface area contributed by atoms with E-state index in [1.807, 2.05) is 0 Å². The Morgan fingerprint density at radius 3 is 1.79 bits per heavy atom. The number of amides is 2. The number of nitrogens with two attached hydrogens (primary N) is 1. The number of azo groups is 3. The first kappa shape index (κ1) is 52.0. The largest absolute Gasteiger partial charge is 0.505 e. The zero-order valence-corrected chi connectivity index (χ0v) is 37.2. The molecule has 0 saturated carbocycles. The molecular weight excluding hydrogens is 993 g/mol. The summed E-state index contributed by atoms with van der Waals surface area (Å²) in [6.07, 6.45) is 0. The Labute approximate surface area is 372 Å². The van der Waals surface area contributed by atoms with Gasteiger partial charge in [-0.05, 0) is 61.0 Å². The van der Waals surface area contributed by atoms with Gasteiger partial charge in [-0.15, -0.1) is 25.6 Å². The van der Waals surface area contributed by atoms with Gasteiger partial charge in [-0.1, -0.05) is 0 Å². The van der Waals surface area contributed by atoms with Crippen LogP contribution in [0.3, 0.4) is 0 Å². The van der Waals surface area contributed by atoms with Gasteiger partial charge in [-0.2, -0.15) is 30.4 Å². The Bertz CT molecular complexity index is 3270. The second-order valence-electron chi connectivity index (χ2n) is 12.6. The summed E-state index contributed by atoms with van der Waals surface area (Å²) in [6.45, 7) is -0.613. The SMILES string of the molecule is COc1cc(S(=O)(=O)CCOS(=O)(=O)O)c(C)cc1N=Nc1ccc(N=Nc2c(O)cc(C(=O)O)c(N=Nc3ccc(S(=O)(=O)CCOS(=O)(=O)O)cc3S(=O)(=O)O)c2O)cc1NC(N)=O. The third-order valence-electron chi connectivity index (χ3n) is 8.03. The molecular formula is C32H32N8O21S5. The van der Waals surface area contributed by atoms with Crippen LogP contribution in [0.5, 0.6) is 17.2 Å². The minimum atomic E-state index is -5.34. The molecule has 0 fully saturated rings. The van der Waals surface area contributed by atoms with E-state index in [4.69, 9.17) is 19.6 Å². The second-order valence-corrected chi connectivity index (χ2v) is 20.4. The minimum absolute atomic E-state index is 0.0400. The predicted octanol–water partition coefficient (Wildman–Crippen LogP) is 4.28. The summed E-state index contributed by atoms with van der Waals surface area (Å²) >= 11 is 0. The first-order chi connectivity index (χ1) is 30.4. The lowest BCUT2D eigenvalue weighted by Gasteiger charge is -2.12. The number of urea groups is 1. The highest BCUT2D eigenvalue weighted by Crippen LogP contribution is 2.47. The average Bonchev–Trinajstić information content (AvgIpc) is 3.18. The van der Waals surface area contributed by atoms with E-state index in [0.29, 0.717) is 18.2 Å². The maximum atomic E-state index is 12.9. The number of aromatic hydroxyl groups is 2. The lowest BCUT2D eigenvalue weighted by molar-refractivity contribution is 0.0696. The number of ether oxygens (including phenoxy) is 1. The number of rotatable bonds is 20. The molecule has 0 aromatic heterocycles. The number of sulfone groups is 2. The van der Waals surface area contributed by atoms with Gasteiger partial charge in [0.1, 0.15) is 39.1 Å². The number of nitrogens with one attached hydrogen (secondary N) is 1. The van der Waals surface area contributed by atoms with E-state index >= 15 is 0 Å². The molecule has 66 heavy (non-hydrogen) atoms. The van der Waals surface area contributed by atoms with Crippen molar-refractivity contribution < 1.29 is 93.8 Å². The molecule has 4 rings (SSSR count). The summed E-state index contributed by atoms with van der Waals surface area (Å²) < 4.78 is 159. The molecule has 356 valence electrons. The number of phenolic OH excluding ortho intramolecular Hbond substituents is 2. The van der Waals surface area contributed by atoms with Gasteiger partial charge in [0.05, 0.1) is 58.6 Å². The Morgan fingerprint density at radius 2 is 1.23 bits per heavy atom. The van der Waals surface area contributed by atoms with Crippen molar-refractivity contribution in [3.05, 3.63) is 65.7 Å². The predicted molar refractivity (Wildman–Crippen MR) is 222 cm³/mol. The third-order valence-corrected chi connectivity index (χ3v) is 13.3. The molecule has 0 aliphatic rings. The van der Waals surface area contributed by atoms with E-state index in [1.165, 1.54) is 32.2 Å². The number of hydrogen-bond donors (Lipinski definition) is 8. The summed E-state index contributed by atoms with van der Waals surface area (Å²) in [5.41, 5.74) is 1.30. The van der Waals surface area contributed by atoms with Crippen LogP contribution >= 0.6 is 0 Å². The Balaban J connectivity index is 1.71. The minimum Gasteiger partial charge on any atom is -0.505 e. The van der Waals surface area contributed by atoms with Crippen molar-refractivity contribution in [2.24, 2.45) is 36.4 Å². The van der Waals surface area contributed by atoms with Crippen LogP contribution in [0.15, 0.2) is 100.0 Å². The normalized spacial score (nSPS) is 12.9. The number of carbonyl (C=O) groups is 2.